The second-order valence-corrected chi connectivity index (χ2v) is 7.97. The van der Waals surface area contributed by atoms with Crippen LogP contribution in [0, 0.1) is 5.92 Å². The normalized spacial score (nSPS) is 20.6. The minimum atomic E-state index is -0.0334. The molecule has 2 aliphatic rings. The molecule has 2 saturated carbocycles. The van der Waals surface area contributed by atoms with E-state index in [-0.39, 0.29) is 24.3 Å². The molecule has 2 fully saturated rings. The number of nitrogens with zero attached hydrogens (tertiary/aromatic N) is 1. The van der Waals surface area contributed by atoms with Crippen LogP contribution in [0.3, 0.4) is 0 Å². The summed E-state index contributed by atoms with van der Waals surface area (Å²) in [5, 5.41) is 0. The lowest BCUT2D eigenvalue weighted by molar-refractivity contribution is -0.134. The number of ether oxygens (including phenoxy) is 1. The van der Waals surface area contributed by atoms with Crippen molar-refractivity contribution in [1.29, 1.82) is 0 Å². The van der Waals surface area contributed by atoms with E-state index in [2.05, 4.69) is 13.0 Å². The molecule has 0 spiro atoms. The fourth-order valence-electron chi connectivity index (χ4n) is 3.54. The number of hydrogen-bond acceptors (Lipinski definition) is 4. The van der Waals surface area contributed by atoms with Crippen molar-refractivity contribution >= 4 is 11.7 Å². The van der Waals surface area contributed by atoms with E-state index in [1.807, 2.05) is 17.9 Å². The van der Waals surface area contributed by atoms with Gasteiger partial charge in [-0.05, 0) is 61.6 Å². The highest BCUT2D eigenvalue weighted by Crippen LogP contribution is 2.47. The van der Waals surface area contributed by atoms with Crippen molar-refractivity contribution < 1.29 is 18.7 Å². The largest absolute Gasteiger partial charge is 0.484 e. The van der Waals surface area contributed by atoms with E-state index in [4.69, 9.17) is 9.15 Å². The Morgan fingerprint density at radius 1 is 1.14 bits per heavy atom. The maximum absolute atomic E-state index is 12.7. The molecule has 1 aromatic carbocycles. The lowest BCUT2D eigenvalue weighted by Gasteiger charge is -2.21. The third-order valence-corrected chi connectivity index (χ3v) is 5.65. The zero-order chi connectivity index (χ0) is 19.7. The summed E-state index contributed by atoms with van der Waals surface area (Å²) in [7, 11) is 0. The van der Waals surface area contributed by atoms with Gasteiger partial charge >= 0.3 is 0 Å². The summed E-state index contributed by atoms with van der Waals surface area (Å²) in [5.41, 5.74) is 0.666. The van der Waals surface area contributed by atoms with E-state index < -0.39 is 0 Å². The number of ketones is 1. The van der Waals surface area contributed by atoms with Crippen LogP contribution >= 0.6 is 0 Å². The molecule has 0 saturated heterocycles. The first-order chi connectivity index (χ1) is 13.5. The van der Waals surface area contributed by atoms with E-state index in [0.29, 0.717) is 36.1 Å². The van der Waals surface area contributed by atoms with Crippen molar-refractivity contribution in [2.75, 3.05) is 6.61 Å². The van der Waals surface area contributed by atoms with Crippen LogP contribution in [0.1, 0.15) is 67.3 Å². The molecule has 2 atom stereocenters. The fourth-order valence-corrected chi connectivity index (χ4v) is 3.54. The molecule has 1 aromatic heterocycles. The Kier molecular flexibility index (Phi) is 5.25. The van der Waals surface area contributed by atoms with Crippen LogP contribution in [0.4, 0.5) is 0 Å². The van der Waals surface area contributed by atoms with Crippen LogP contribution in [-0.4, -0.2) is 29.2 Å². The number of carbonyl (C=O) groups is 2. The molecule has 28 heavy (non-hydrogen) atoms. The summed E-state index contributed by atoms with van der Waals surface area (Å²) in [4.78, 5) is 26.3. The minimum absolute atomic E-state index is 0.00913. The Bertz CT molecular complexity index is 850. The van der Waals surface area contributed by atoms with Gasteiger partial charge in [-0.25, -0.2) is 0 Å². The van der Waals surface area contributed by atoms with E-state index >= 15 is 0 Å². The van der Waals surface area contributed by atoms with Crippen LogP contribution < -0.4 is 4.74 Å². The van der Waals surface area contributed by atoms with Gasteiger partial charge in [-0.3, -0.25) is 9.59 Å². The second-order valence-electron chi connectivity index (χ2n) is 7.97. The number of hydrogen-bond donors (Lipinski definition) is 0. The fraction of sp³-hybridized carbons (Fsp3) is 0.478. The van der Waals surface area contributed by atoms with Gasteiger partial charge in [0.05, 0.1) is 6.54 Å². The molecule has 1 heterocycles. The standard InChI is InChI=1S/C23H27NO4/c1-3-21(25)16-4-8-18(9-5-16)27-14-23(26)24(17-6-7-17)13-19-10-11-22(28-19)20-12-15(20)2/h4-5,8-11,15,17,20H,3,6-7,12-14H2,1-2H3. The molecule has 5 heteroatoms. The molecule has 148 valence electrons. The number of furan rings is 1. The highest BCUT2D eigenvalue weighted by Gasteiger charge is 2.37. The van der Waals surface area contributed by atoms with E-state index in [1.165, 1.54) is 6.42 Å². The SMILES string of the molecule is CCC(=O)c1ccc(OCC(=O)N(Cc2ccc(C3CC3C)o2)C2CC2)cc1. The molecule has 0 radical (unpaired) electrons. The molecule has 5 nitrogen and oxygen atoms in total. The summed E-state index contributed by atoms with van der Waals surface area (Å²) < 4.78 is 11.6. The van der Waals surface area contributed by atoms with Crippen LogP contribution in [0.15, 0.2) is 40.8 Å². The predicted octanol–water partition coefficient (Wildman–Crippen LogP) is 4.57. The van der Waals surface area contributed by atoms with Crippen LogP contribution in [0.25, 0.3) is 0 Å². The number of carbonyl (C=O) groups excluding carboxylic acids is 2. The first-order valence-electron chi connectivity index (χ1n) is 10.2. The van der Waals surface area contributed by atoms with Crippen molar-refractivity contribution in [1.82, 2.24) is 4.90 Å². The molecule has 0 aliphatic heterocycles. The van der Waals surface area contributed by atoms with Crippen molar-refractivity contribution in [3.8, 4) is 5.75 Å². The van der Waals surface area contributed by atoms with Gasteiger partial charge in [-0.15, -0.1) is 0 Å². The summed E-state index contributed by atoms with van der Waals surface area (Å²) in [6.45, 7) is 4.56. The number of benzene rings is 1. The van der Waals surface area contributed by atoms with E-state index in [9.17, 15) is 9.59 Å². The Morgan fingerprint density at radius 3 is 2.46 bits per heavy atom. The van der Waals surface area contributed by atoms with Crippen molar-refractivity contribution in [2.45, 2.75) is 58.0 Å². The zero-order valence-electron chi connectivity index (χ0n) is 16.5. The maximum Gasteiger partial charge on any atom is 0.261 e. The molecule has 2 unspecified atom stereocenters. The predicted molar refractivity (Wildman–Crippen MR) is 105 cm³/mol. The molecule has 1 amide bonds. The topological polar surface area (TPSA) is 59.8 Å². The smallest absolute Gasteiger partial charge is 0.261 e. The van der Waals surface area contributed by atoms with Crippen molar-refractivity contribution in [2.24, 2.45) is 5.92 Å². The van der Waals surface area contributed by atoms with Gasteiger partial charge in [0.2, 0.25) is 0 Å². The Hall–Kier alpha value is -2.56. The third-order valence-electron chi connectivity index (χ3n) is 5.65. The van der Waals surface area contributed by atoms with Gasteiger partial charge in [0.25, 0.3) is 5.91 Å². The second kappa shape index (κ2) is 7.82. The average molecular weight is 381 g/mol. The molecule has 2 aliphatic carbocycles. The molecular weight excluding hydrogens is 354 g/mol. The lowest BCUT2D eigenvalue weighted by atomic mass is 10.1. The highest BCUT2D eigenvalue weighted by molar-refractivity contribution is 5.95. The van der Waals surface area contributed by atoms with Gasteiger partial charge in [0.1, 0.15) is 17.3 Å². The molecule has 2 aromatic rings. The third kappa shape index (κ3) is 4.29. The minimum Gasteiger partial charge on any atom is -0.484 e. The molecule has 4 rings (SSSR count). The monoisotopic (exact) mass is 381 g/mol. The van der Waals surface area contributed by atoms with Crippen molar-refractivity contribution in [3.05, 3.63) is 53.5 Å². The van der Waals surface area contributed by atoms with Gasteiger partial charge in [0, 0.05) is 23.9 Å². The summed E-state index contributed by atoms with van der Waals surface area (Å²) in [6.07, 6.45) is 3.73. The quantitative estimate of drug-likeness (QED) is 0.597. The molecule has 0 bridgehead atoms. The van der Waals surface area contributed by atoms with Crippen LogP contribution in [0.2, 0.25) is 0 Å². The Labute approximate surface area is 165 Å². The van der Waals surface area contributed by atoms with Crippen LogP contribution in [-0.2, 0) is 11.3 Å². The van der Waals surface area contributed by atoms with E-state index in [0.717, 1.165) is 24.4 Å². The number of rotatable bonds is 9. The van der Waals surface area contributed by atoms with Gasteiger partial charge in [0.15, 0.2) is 12.4 Å². The molecular formula is C23H27NO4. The zero-order valence-corrected chi connectivity index (χ0v) is 16.5. The number of amides is 1. The Balaban J connectivity index is 1.33. The van der Waals surface area contributed by atoms with Crippen molar-refractivity contribution in [3.63, 3.8) is 0 Å². The number of Topliss-reactive ketones (excluding diaryl/α,β-unsaturated/α-hetero) is 1. The van der Waals surface area contributed by atoms with Gasteiger partial charge in [-0.2, -0.15) is 0 Å². The average Bonchev–Trinajstić information content (AvgIpc) is 3.64. The van der Waals surface area contributed by atoms with Crippen LogP contribution in [0.5, 0.6) is 5.75 Å². The first kappa shape index (κ1) is 18.8. The summed E-state index contributed by atoms with van der Waals surface area (Å²) >= 11 is 0. The van der Waals surface area contributed by atoms with Gasteiger partial charge in [-0.1, -0.05) is 13.8 Å². The maximum atomic E-state index is 12.7. The van der Waals surface area contributed by atoms with Gasteiger partial charge < -0.3 is 14.1 Å². The lowest BCUT2D eigenvalue weighted by Crippen LogP contribution is -2.36. The summed E-state index contributed by atoms with van der Waals surface area (Å²) in [5.74, 6) is 3.80. The summed E-state index contributed by atoms with van der Waals surface area (Å²) in [6, 6.07) is 11.3. The first-order valence-corrected chi connectivity index (χ1v) is 10.2. The van der Waals surface area contributed by atoms with E-state index in [1.54, 1.807) is 24.3 Å². The molecule has 0 N–H and O–H groups in total. The highest BCUT2D eigenvalue weighted by atomic mass is 16.5. The Morgan fingerprint density at radius 2 is 1.86 bits per heavy atom.